The number of nitrogens with zero attached hydrogens (tertiary/aromatic N) is 3. The number of hydrogen-bond acceptors (Lipinski definition) is 3. The van der Waals surface area contributed by atoms with Crippen LogP contribution in [0, 0.1) is 6.92 Å². The van der Waals surface area contributed by atoms with Gasteiger partial charge in [-0.25, -0.2) is 0 Å². The summed E-state index contributed by atoms with van der Waals surface area (Å²) in [6, 6.07) is 0. The van der Waals surface area contributed by atoms with Gasteiger partial charge in [-0.3, -0.25) is 4.40 Å². The Hall–Kier alpha value is -1.65. The van der Waals surface area contributed by atoms with E-state index in [0.29, 0.717) is 11.8 Å². The molecule has 0 saturated heterocycles. The number of hydrogen-bond donors (Lipinski definition) is 2. The van der Waals surface area contributed by atoms with Crippen LogP contribution in [0.15, 0.2) is 6.20 Å². The van der Waals surface area contributed by atoms with E-state index in [9.17, 15) is 0 Å². The Bertz CT molecular complexity index is 436. The number of rotatable bonds is 0. The minimum atomic E-state index is 0.436. The Morgan fingerprint density at radius 3 is 2.67 bits per heavy atom. The average Bonchev–Trinajstić information content (AvgIpc) is 2.41. The minimum Gasteiger partial charge on any atom is -0.381 e. The summed E-state index contributed by atoms with van der Waals surface area (Å²) >= 11 is 0. The average molecular weight is 165 g/mol. The zero-order valence-electron chi connectivity index (χ0n) is 7.07. The topological polar surface area (TPSA) is 74.3 Å². The van der Waals surface area contributed by atoms with E-state index in [1.165, 1.54) is 0 Å². The summed E-state index contributed by atoms with van der Waals surface area (Å²) in [6.45, 7) is 1.99. The zero-order chi connectivity index (χ0) is 8.88. The van der Waals surface area contributed by atoms with E-state index >= 15 is 0 Å². The van der Waals surface area contributed by atoms with Gasteiger partial charge in [0.1, 0.15) is 0 Å². The van der Waals surface area contributed by atoms with Gasteiger partial charge in [0.25, 0.3) is 0 Å². The molecule has 0 amide bonds. The Labute approximate surface area is 69.6 Å². The molecule has 0 radical (unpaired) electrons. The van der Waals surface area contributed by atoms with E-state index in [-0.39, 0.29) is 0 Å². The SMILES string of the molecule is Cc1cn2c(N)nc(N)c2n1C. The van der Waals surface area contributed by atoms with E-state index in [1.807, 2.05) is 24.7 Å². The van der Waals surface area contributed by atoms with Gasteiger partial charge >= 0.3 is 0 Å². The lowest BCUT2D eigenvalue weighted by Crippen LogP contribution is -1.94. The van der Waals surface area contributed by atoms with Crippen LogP contribution in [0.5, 0.6) is 0 Å². The summed E-state index contributed by atoms with van der Waals surface area (Å²) in [5, 5.41) is 0. The van der Waals surface area contributed by atoms with Gasteiger partial charge in [0, 0.05) is 18.9 Å². The van der Waals surface area contributed by atoms with Crippen LogP contribution in [-0.4, -0.2) is 14.0 Å². The molecule has 0 unspecified atom stereocenters. The summed E-state index contributed by atoms with van der Waals surface area (Å²) < 4.78 is 3.74. The van der Waals surface area contributed by atoms with Crippen LogP contribution < -0.4 is 11.5 Å². The third kappa shape index (κ3) is 0.650. The summed E-state index contributed by atoms with van der Waals surface area (Å²) in [6.07, 6.45) is 1.91. The molecule has 0 aliphatic heterocycles. The standard InChI is InChI=1S/C7H11N5/c1-4-3-12-6(11(4)2)5(8)10-7(12)9/h3H,8H2,1-2H3,(H2,9,10). The molecule has 5 heteroatoms. The van der Waals surface area contributed by atoms with Gasteiger partial charge < -0.3 is 16.0 Å². The van der Waals surface area contributed by atoms with Crippen molar-refractivity contribution in [3.05, 3.63) is 11.9 Å². The zero-order valence-corrected chi connectivity index (χ0v) is 7.07. The molecule has 2 heterocycles. The van der Waals surface area contributed by atoms with Crippen LogP contribution in [-0.2, 0) is 7.05 Å². The molecule has 4 N–H and O–H groups in total. The van der Waals surface area contributed by atoms with Crippen LogP contribution in [0.1, 0.15) is 5.69 Å². The molecule has 0 saturated carbocycles. The lowest BCUT2D eigenvalue weighted by atomic mass is 10.5. The third-order valence-corrected chi connectivity index (χ3v) is 2.10. The maximum absolute atomic E-state index is 5.66. The van der Waals surface area contributed by atoms with E-state index in [0.717, 1.165) is 11.3 Å². The van der Waals surface area contributed by atoms with E-state index in [2.05, 4.69) is 4.98 Å². The van der Waals surface area contributed by atoms with Crippen molar-refractivity contribution in [3.8, 4) is 0 Å². The predicted molar refractivity (Wildman–Crippen MR) is 47.7 cm³/mol. The van der Waals surface area contributed by atoms with Crippen molar-refractivity contribution in [2.75, 3.05) is 11.5 Å². The molecular weight excluding hydrogens is 154 g/mol. The van der Waals surface area contributed by atoms with Crippen molar-refractivity contribution in [1.29, 1.82) is 0 Å². The number of aryl methyl sites for hydroxylation is 2. The molecule has 2 rings (SSSR count). The van der Waals surface area contributed by atoms with Crippen molar-refractivity contribution in [1.82, 2.24) is 14.0 Å². The van der Waals surface area contributed by atoms with Crippen LogP contribution in [0.2, 0.25) is 0 Å². The normalized spacial score (nSPS) is 11.2. The molecule has 0 atom stereocenters. The van der Waals surface area contributed by atoms with Gasteiger partial charge in [0.15, 0.2) is 11.5 Å². The molecule has 0 aliphatic carbocycles. The smallest absolute Gasteiger partial charge is 0.208 e. The second-order valence-corrected chi connectivity index (χ2v) is 2.88. The monoisotopic (exact) mass is 165 g/mol. The second-order valence-electron chi connectivity index (χ2n) is 2.88. The van der Waals surface area contributed by atoms with Crippen LogP contribution in [0.3, 0.4) is 0 Å². The second kappa shape index (κ2) is 1.94. The molecule has 5 nitrogen and oxygen atoms in total. The Morgan fingerprint density at radius 2 is 2.08 bits per heavy atom. The third-order valence-electron chi connectivity index (χ3n) is 2.10. The summed E-state index contributed by atoms with van der Waals surface area (Å²) in [7, 11) is 1.93. The van der Waals surface area contributed by atoms with Gasteiger partial charge in [-0.1, -0.05) is 0 Å². The number of anilines is 2. The molecule has 64 valence electrons. The Balaban J connectivity index is 2.98. The maximum atomic E-state index is 5.66. The summed E-state index contributed by atoms with van der Waals surface area (Å²) in [5.74, 6) is 0.911. The van der Waals surface area contributed by atoms with Gasteiger partial charge in [0.05, 0.1) is 0 Å². The van der Waals surface area contributed by atoms with Crippen LogP contribution >= 0.6 is 0 Å². The van der Waals surface area contributed by atoms with Gasteiger partial charge in [-0.05, 0) is 6.92 Å². The molecule has 12 heavy (non-hydrogen) atoms. The van der Waals surface area contributed by atoms with E-state index in [1.54, 1.807) is 4.40 Å². The largest absolute Gasteiger partial charge is 0.381 e. The van der Waals surface area contributed by atoms with Crippen molar-refractivity contribution in [2.24, 2.45) is 7.05 Å². The highest BCUT2D eigenvalue weighted by molar-refractivity contribution is 5.66. The molecule has 2 aromatic heterocycles. The van der Waals surface area contributed by atoms with E-state index < -0.39 is 0 Å². The first-order valence-electron chi connectivity index (χ1n) is 3.66. The van der Waals surface area contributed by atoms with Crippen molar-refractivity contribution >= 4 is 17.4 Å². The molecule has 0 aliphatic rings. The number of fused-ring (bicyclic) bond motifs is 1. The fourth-order valence-electron chi connectivity index (χ4n) is 1.36. The fraction of sp³-hybridized carbons (Fsp3) is 0.286. The molecule has 0 spiro atoms. The first-order valence-corrected chi connectivity index (χ1v) is 3.66. The summed E-state index contributed by atoms with van der Waals surface area (Å²) in [4.78, 5) is 3.95. The molecule has 0 aromatic carbocycles. The van der Waals surface area contributed by atoms with Crippen molar-refractivity contribution in [3.63, 3.8) is 0 Å². The summed E-state index contributed by atoms with van der Waals surface area (Å²) in [5.41, 5.74) is 13.2. The number of aromatic nitrogens is 3. The highest BCUT2D eigenvalue weighted by Crippen LogP contribution is 2.18. The van der Waals surface area contributed by atoms with Gasteiger partial charge in [-0.15, -0.1) is 0 Å². The molecular formula is C7H11N5. The van der Waals surface area contributed by atoms with Gasteiger partial charge in [0.2, 0.25) is 5.95 Å². The van der Waals surface area contributed by atoms with E-state index in [4.69, 9.17) is 11.5 Å². The lowest BCUT2D eigenvalue weighted by molar-refractivity contribution is 0.915. The predicted octanol–water partition coefficient (Wildman–Crippen LogP) is 0.146. The fourth-order valence-corrected chi connectivity index (χ4v) is 1.36. The quantitative estimate of drug-likeness (QED) is 0.583. The first-order chi connectivity index (χ1) is 5.61. The first kappa shape index (κ1) is 7.02. The number of nitrogen functional groups attached to an aromatic ring is 2. The lowest BCUT2D eigenvalue weighted by Gasteiger charge is -1.94. The highest BCUT2D eigenvalue weighted by Gasteiger charge is 2.10. The molecule has 2 aromatic rings. The Morgan fingerprint density at radius 1 is 1.42 bits per heavy atom. The highest BCUT2D eigenvalue weighted by atomic mass is 15.2. The molecule has 0 bridgehead atoms. The Kier molecular flexibility index (Phi) is 1.13. The van der Waals surface area contributed by atoms with Crippen LogP contribution in [0.25, 0.3) is 5.65 Å². The molecule has 0 fully saturated rings. The maximum Gasteiger partial charge on any atom is 0.208 e. The number of imidazole rings is 2. The minimum absolute atomic E-state index is 0.436. The van der Waals surface area contributed by atoms with Crippen molar-refractivity contribution < 1.29 is 0 Å². The van der Waals surface area contributed by atoms with Crippen molar-refractivity contribution in [2.45, 2.75) is 6.92 Å². The van der Waals surface area contributed by atoms with Crippen LogP contribution in [0.4, 0.5) is 11.8 Å². The van der Waals surface area contributed by atoms with Gasteiger partial charge in [-0.2, -0.15) is 4.98 Å². The number of nitrogens with two attached hydrogens (primary N) is 2.